The summed E-state index contributed by atoms with van der Waals surface area (Å²) in [4.78, 5) is 0. The van der Waals surface area contributed by atoms with Crippen LogP contribution in [-0.2, 0) is 10.0 Å². The van der Waals surface area contributed by atoms with Crippen LogP contribution in [0.2, 0.25) is 0 Å². The molecule has 3 atom stereocenters. The normalized spacial score (nSPS) is 33.0. The average Bonchev–Trinajstić information content (AvgIpc) is 3.47. The fourth-order valence-corrected chi connectivity index (χ4v) is 7.21. The molecule has 0 saturated heterocycles. The van der Waals surface area contributed by atoms with E-state index in [2.05, 4.69) is 9.88 Å². The summed E-state index contributed by atoms with van der Waals surface area (Å²) in [5.74, 6) is 5.96. The first-order valence-electron chi connectivity index (χ1n) is 11.4. The molecule has 0 radical (unpaired) electrons. The Kier molecular flexibility index (Phi) is 4.34. The van der Waals surface area contributed by atoms with E-state index in [1.165, 1.54) is 44.1 Å². The lowest BCUT2D eigenvalue weighted by Crippen LogP contribution is -2.29. The molecular weight excluding hydrogens is 400 g/mol. The van der Waals surface area contributed by atoms with Crippen molar-refractivity contribution in [3.63, 3.8) is 0 Å². The number of sulfonamides is 1. The Bertz CT molecular complexity index is 1060. The van der Waals surface area contributed by atoms with Gasteiger partial charge in [-0.25, -0.2) is 8.42 Å². The summed E-state index contributed by atoms with van der Waals surface area (Å²) in [5, 5.41) is 4.65. The van der Waals surface area contributed by atoms with Gasteiger partial charge in [-0.1, -0.05) is 5.16 Å². The van der Waals surface area contributed by atoms with E-state index in [0.29, 0.717) is 22.8 Å². The zero-order valence-corrected chi connectivity index (χ0v) is 18.3. The van der Waals surface area contributed by atoms with Crippen LogP contribution in [-0.4, -0.2) is 26.4 Å². The first kappa shape index (κ1) is 19.0. The number of aromatic nitrogens is 1. The number of fused-ring (bicyclic) bond motifs is 2. The predicted octanol–water partition coefficient (Wildman–Crippen LogP) is 4.92. The summed E-state index contributed by atoms with van der Waals surface area (Å²) < 4.78 is 37.7. The van der Waals surface area contributed by atoms with E-state index >= 15 is 0 Å². The quantitative estimate of drug-likeness (QED) is 0.704. The molecule has 3 unspecified atom stereocenters. The Hall–Kier alpha value is -1.76. The molecule has 1 N–H and O–H groups in total. The zero-order valence-electron chi connectivity index (χ0n) is 17.5. The molecule has 7 heteroatoms. The van der Waals surface area contributed by atoms with Gasteiger partial charge in [0.05, 0.1) is 18.2 Å². The number of benzene rings is 1. The minimum Gasteiger partial charge on any atom is -0.493 e. The standard InChI is InChI=1S/C23H30N2O4S/c1-30(26,27)25-23-20-10-19(16-2-3-16)21(11-22(20)29-24-23)28-12-18-9-15-5-13-4-14(6-15)8-17(18)7-13/h10-11,13-18H,2-9,12H2,1H3,(H,24,25). The molecule has 5 saturated carbocycles. The van der Waals surface area contributed by atoms with Gasteiger partial charge < -0.3 is 9.26 Å². The molecule has 1 aromatic heterocycles. The van der Waals surface area contributed by atoms with Gasteiger partial charge in [0.15, 0.2) is 11.4 Å². The van der Waals surface area contributed by atoms with Gasteiger partial charge in [0, 0.05) is 6.07 Å². The Morgan fingerprint density at radius 2 is 1.77 bits per heavy atom. The molecular formula is C23H30N2O4S. The number of rotatable bonds is 6. The highest BCUT2D eigenvalue weighted by molar-refractivity contribution is 7.92. The Morgan fingerprint density at radius 1 is 1.07 bits per heavy atom. The average molecular weight is 431 g/mol. The molecule has 7 rings (SSSR count). The minimum atomic E-state index is -3.41. The van der Waals surface area contributed by atoms with Gasteiger partial charge in [0.2, 0.25) is 10.0 Å². The molecule has 4 bridgehead atoms. The van der Waals surface area contributed by atoms with E-state index in [1.807, 2.05) is 12.1 Å². The lowest BCUT2D eigenvalue weighted by molar-refractivity contribution is 0.112. The van der Waals surface area contributed by atoms with Gasteiger partial charge in [-0.05, 0) is 98.5 Å². The van der Waals surface area contributed by atoms with E-state index in [0.717, 1.165) is 55.1 Å². The number of anilines is 1. The van der Waals surface area contributed by atoms with Gasteiger partial charge in [-0.2, -0.15) is 0 Å². The van der Waals surface area contributed by atoms with Crippen molar-refractivity contribution in [2.24, 2.45) is 29.6 Å². The van der Waals surface area contributed by atoms with Gasteiger partial charge in [-0.3, -0.25) is 4.72 Å². The van der Waals surface area contributed by atoms with Crippen molar-refractivity contribution in [3.05, 3.63) is 17.7 Å². The Labute approximate surface area is 177 Å². The number of nitrogens with zero attached hydrogens (tertiary/aromatic N) is 1. The van der Waals surface area contributed by atoms with Crippen molar-refractivity contribution in [2.75, 3.05) is 17.6 Å². The first-order chi connectivity index (χ1) is 14.4. The molecule has 0 amide bonds. The number of hydrogen-bond donors (Lipinski definition) is 1. The molecule has 30 heavy (non-hydrogen) atoms. The molecule has 1 aromatic carbocycles. The second-order valence-corrected chi connectivity index (χ2v) is 12.2. The fourth-order valence-electron chi connectivity index (χ4n) is 6.71. The first-order valence-corrected chi connectivity index (χ1v) is 13.3. The largest absolute Gasteiger partial charge is 0.493 e. The predicted molar refractivity (Wildman–Crippen MR) is 115 cm³/mol. The highest BCUT2D eigenvalue weighted by atomic mass is 32.2. The summed E-state index contributed by atoms with van der Waals surface area (Å²) in [6, 6.07) is 3.94. The molecule has 6 nitrogen and oxygen atoms in total. The molecule has 5 fully saturated rings. The highest BCUT2D eigenvalue weighted by Crippen LogP contribution is 2.53. The van der Waals surface area contributed by atoms with E-state index in [-0.39, 0.29) is 5.82 Å². The maximum absolute atomic E-state index is 11.6. The molecule has 1 heterocycles. The number of hydrogen-bond acceptors (Lipinski definition) is 5. The van der Waals surface area contributed by atoms with Crippen LogP contribution >= 0.6 is 0 Å². The van der Waals surface area contributed by atoms with Crippen LogP contribution in [0.25, 0.3) is 11.0 Å². The van der Waals surface area contributed by atoms with E-state index < -0.39 is 10.0 Å². The molecule has 2 aromatic rings. The smallest absolute Gasteiger partial charge is 0.231 e. The monoisotopic (exact) mass is 430 g/mol. The second-order valence-electron chi connectivity index (χ2n) is 10.4. The third-order valence-corrected chi connectivity index (χ3v) is 8.49. The van der Waals surface area contributed by atoms with Crippen LogP contribution in [0.4, 0.5) is 5.82 Å². The Morgan fingerprint density at radius 3 is 2.43 bits per heavy atom. The molecule has 0 aliphatic heterocycles. The summed E-state index contributed by atoms with van der Waals surface area (Å²) in [5.41, 5.74) is 1.74. The van der Waals surface area contributed by atoms with Crippen LogP contribution in [0.3, 0.4) is 0 Å². The van der Waals surface area contributed by atoms with Gasteiger partial charge in [0.1, 0.15) is 5.75 Å². The molecule has 5 aliphatic carbocycles. The third-order valence-electron chi connectivity index (χ3n) is 7.93. The molecule has 5 aliphatic rings. The maximum Gasteiger partial charge on any atom is 0.231 e. The lowest BCUT2D eigenvalue weighted by atomic mass is 9.67. The lowest BCUT2D eigenvalue weighted by Gasteiger charge is -2.39. The van der Waals surface area contributed by atoms with Gasteiger partial charge in [0.25, 0.3) is 0 Å². The van der Waals surface area contributed by atoms with Crippen molar-refractivity contribution in [1.82, 2.24) is 5.16 Å². The van der Waals surface area contributed by atoms with Crippen LogP contribution in [0, 0.1) is 29.6 Å². The van der Waals surface area contributed by atoms with E-state index in [4.69, 9.17) is 9.26 Å². The van der Waals surface area contributed by atoms with Crippen LogP contribution in [0.1, 0.15) is 62.8 Å². The second kappa shape index (κ2) is 6.87. The van der Waals surface area contributed by atoms with Crippen molar-refractivity contribution < 1.29 is 17.7 Å². The number of nitrogens with one attached hydrogen (secondary N) is 1. The molecule has 0 spiro atoms. The van der Waals surface area contributed by atoms with Crippen LogP contribution < -0.4 is 9.46 Å². The van der Waals surface area contributed by atoms with Crippen molar-refractivity contribution >= 4 is 26.8 Å². The van der Waals surface area contributed by atoms with E-state index in [9.17, 15) is 8.42 Å². The van der Waals surface area contributed by atoms with Crippen LogP contribution in [0.15, 0.2) is 16.7 Å². The van der Waals surface area contributed by atoms with Crippen molar-refractivity contribution in [1.29, 1.82) is 0 Å². The SMILES string of the molecule is CS(=O)(=O)Nc1noc2cc(OCC3CC4CC5CC(C4)CC3C5)c(C3CC3)cc12. The van der Waals surface area contributed by atoms with Crippen molar-refractivity contribution in [3.8, 4) is 5.75 Å². The van der Waals surface area contributed by atoms with Gasteiger partial charge in [-0.15, -0.1) is 0 Å². The highest BCUT2D eigenvalue weighted by Gasteiger charge is 2.43. The summed E-state index contributed by atoms with van der Waals surface area (Å²) in [6.45, 7) is 0.786. The van der Waals surface area contributed by atoms with Gasteiger partial charge >= 0.3 is 0 Å². The maximum atomic E-state index is 11.6. The fraction of sp³-hybridized carbons (Fsp3) is 0.696. The third kappa shape index (κ3) is 3.59. The Balaban J connectivity index is 1.26. The van der Waals surface area contributed by atoms with E-state index in [1.54, 1.807) is 0 Å². The van der Waals surface area contributed by atoms with Crippen LogP contribution in [0.5, 0.6) is 5.75 Å². The summed E-state index contributed by atoms with van der Waals surface area (Å²) in [7, 11) is -3.41. The summed E-state index contributed by atoms with van der Waals surface area (Å²) >= 11 is 0. The topological polar surface area (TPSA) is 81.4 Å². The zero-order chi connectivity index (χ0) is 20.5. The summed E-state index contributed by atoms with van der Waals surface area (Å²) in [6.07, 6.45) is 11.9. The number of ether oxygens (including phenoxy) is 1. The van der Waals surface area contributed by atoms with Crippen molar-refractivity contribution in [2.45, 2.75) is 57.3 Å². The molecule has 162 valence electrons. The minimum absolute atomic E-state index is 0.262.